The SMILES string of the molecule is Cc1ccc(CC(C#N)(C#N)Cc2ccc(C)cc2)cc1. The van der Waals surface area contributed by atoms with Crippen LogP contribution in [0.3, 0.4) is 0 Å². The van der Waals surface area contributed by atoms with Gasteiger partial charge in [-0.3, -0.25) is 0 Å². The zero-order valence-corrected chi connectivity index (χ0v) is 12.4. The fourth-order valence-corrected chi connectivity index (χ4v) is 2.35. The molecule has 0 aliphatic rings. The van der Waals surface area contributed by atoms with Crippen molar-refractivity contribution < 1.29 is 0 Å². The van der Waals surface area contributed by atoms with E-state index in [9.17, 15) is 10.5 Å². The summed E-state index contributed by atoms with van der Waals surface area (Å²) in [6.07, 6.45) is 0.905. The van der Waals surface area contributed by atoms with Crippen LogP contribution in [0.2, 0.25) is 0 Å². The lowest BCUT2D eigenvalue weighted by molar-refractivity contribution is 0.515. The van der Waals surface area contributed by atoms with Crippen LogP contribution in [-0.2, 0) is 12.8 Å². The van der Waals surface area contributed by atoms with Crippen LogP contribution < -0.4 is 0 Å². The number of nitriles is 2. The van der Waals surface area contributed by atoms with Gasteiger partial charge in [-0.25, -0.2) is 0 Å². The first-order valence-corrected chi connectivity index (χ1v) is 7.00. The highest BCUT2D eigenvalue weighted by atomic mass is 14.4. The highest BCUT2D eigenvalue weighted by Crippen LogP contribution is 2.27. The van der Waals surface area contributed by atoms with Gasteiger partial charge in [0.15, 0.2) is 5.41 Å². The van der Waals surface area contributed by atoms with Crippen LogP contribution in [0.5, 0.6) is 0 Å². The molecule has 0 unspecified atom stereocenters. The minimum absolute atomic E-state index is 0.453. The van der Waals surface area contributed by atoms with E-state index in [1.807, 2.05) is 62.4 Å². The third-order valence-electron chi connectivity index (χ3n) is 3.68. The third kappa shape index (κ3) is 3.71. The Balaban J connectivity index is 2.24. The molecule has 0 aliphatic carbocycles. The summed E-state index contributed by atoms with van der Waals surface area (Å²) in [4.78, 5) is 0. The van der Waals surface area contributed by atoms with Crippen molar-refractivity contribution in [3.05, 3.63) is 70.8 Å². The van der Waals surface area contributed by atoms with Gasteiger partial charge in [0, 0.05) is 12.8 Å². The van der Waals surface area contributed by atoms with Crippen LogP contribution in [-0.4, -0.2) is 0 Å². The molecule has 2 heteroatoms. The monoisotopic (exact) mass is 274 g/mol. The second-order valence-corrected chi connectivity index (χ2v) is 5.63. The van der Waals surface area contributed by atoms with Crippen molar-refractivity contribution in [1.29, 1.82) is 10.5 Å². The van der Waals surface area contributed by atoms with Gasteiger partial charge in [-0.1, -0.05) is 59.7 Å². The van der Waals surface area contributed by atoms with E-state index < -0.39 is 5.41 Å². The Bertz CT molecular complexity index is 619. The number of rotatable bonds is 4. The molecule has 2 aromatic rings. The lowest BCUT2D eigenvalue weighted by atomic mass is 9.79. The van der Waals surface area contributed by atoms with Crippen LogP contribution in [0.15, 0.2) is 48.5 Å². The van der Waals surface area contributed by atoms with E-state index in [1.165, 1.54) is 11.1 Å². The number of aryl methyl sites for hydroxylation is 2. The van der Waals surface area contributed by atoms with Crippen molar-refractivity contribution in [3.8, 4) is 12.1 Å². The third-order valence-corrected chi connectivity index (χ3v) is 3.68. The molecule has 2 aromatic carbocycles. The highest BCUT2D eigenvalue weighted by Gasteiger charge is 2.30. The Kier molecular flexibility index (Phi) is 4.41. The van der Waals surface area contributed by atoms with Gasteiger partial charge in [0.25, 0.3) is 0 Å². The van der Waals surface area contributed by atoms with Gasteiger partial charge in [0.2, 0.25) is 0 Å². The Labute approximate surface area is 126 Å². The summed E-state index contributed by atoms with van der Waals surface area (Å²) in [5.41, 5.74) is 3.39. The molecule has 21 heavy (non-hydrogen) atoms. The lowest BCUT2D eigenvalue weighted by Gasteiger charge is -2.19. The minimum atomic E-state index is -1.01. The molecule has 0 heterocycles. The standard InChI is InChI=1S/C19H18N2/c1-15-3-7-17(8-4-15)11-19(13-20,14-21)12-18-9-5-16(2)6-10-18/h3-10H,11-12H2,1-2H3. The summed E-state index contributed by atoms with van der Waals surface area (Å²) >= 11 is 0. The normalized spacial score (nSPS) is 10.7. The van der Waals surface area contributed by atoms with Crippen molar-refractivity contribution in [3.63, 3.8) is 0 Å². The summed E-state index contributed by atoms with van der Waals surface area (Å²) in [7, 11) is 0. The first-order chi connectivity index (χ1) is 10.1. The number of benzene rings is 2. The van der Waals surface area contributed by atoms with Crippen LogP contribution in [0.25, 0.3) is 0 Å². The molecule has 2 rings (SSSR count). The molecular weight excluding hydrogens is 256 g/mol. The maximum absolute atomic E-state index is 9.54. The largest absolute Gasteiger partial charge is 0.197 e. The summed E-state index contributed by atoms with van der Waals surface area (Å²) in [6.45, 7) is 4.05. The molecular formula is C19H18N2. The summed E-state index contributed by atoms with van der Waals surface area (Å²) in [5.74, 6) is 0. The summed E-state index contributed by atoms with van der Waals surface area (Å²) < 4.78 is 0. The molecule has 0 N–H and O–H groups in total. The quantitative estimate of drug-likeness (QED) is 0.841. The Morgan fingerprint density at radius 3 is 1.33 bits per heavy atom. The molecule has 0 aromatic heterocycles. The van der Waals surface area contributed by atoms with E-state index in [0.717, 1.165) is 11.1 Å². The molecule has 0 amide bonds. The number of hydrogen-bond donors (Lipinski definition) is 0. The molecule has 104 valence electrons. The second-order valence-electron chi connectivity index (χ2n) is 5.63. The average Bonchev–Trinajstić information content (AvgIpc) is 2.51. The molecule has 0 radical (unpaired) electrons. The van der Waals surface area contributed by atoms with E-state index in [0.29, 0.717) is 12.8 Å². The van der Waals surface area contributed by atoms with Crippen LogP contribution in [0, 0.1) is 41.9 Å². The molecule has 0 saturated heterocycles. The van der Waals surface area contributed by atoms with Gasteiger partial charge in [-0.05, 0) is 25.0 Å². The van der Waals surface area contributed by atoms with E-state index in [2.05, 4.69) is 12.1 Å². The second kappa shape index (κ2) is 6.25. The fourth-order valence-electron chi connectivity index (χ4n) is 2.35. The van der Waals surface area contributed by atoms with E-state index >= 15 is 0 Å². The summed E-state index contributed by atoms with van der Waals surface area (Å²) in [6, 6.07) is 20.5. The van der Waals surface area contributed by atoms with Gasteiger partial charge in [-0.2, -0.15) is 10.5 Å². The van der Waals surface area contributed by atoms with E-state index in [4.69, 9.17) is 0 Å². The maximum Gasteiger partial charge on any atom is 0.151 e. The van der Waals surface area contributed by atoms with Crippen LogP contribution in [0.4, 0.5) is 0 Å². The first kappa shape index (κ1) is 14.8. The molecule has 0 bridgehead atoms. The zero-order valence-electron chi connectivity index (χ0n) is 12.4. The van der Waals surface area contributed by atoms with Gasteiger partial charge >= 0.3 is 0 Å². The number of nitrogens with zero attached hydrogens (tertiary/aromatic N) is 2. The summed E-state index contributed by atoms with van der Waals surface area (Å²) in [5, 5.41) is 19.1. The Hall–Kier alpha value is -2.58. The van der Waals surface area contributed by atoms with Crippen LogP contribution >= 0.6 is 0 Å². The Morgan fingerprint density at radius 1 is 0.714 bits per heavy atom. The zero-order chi connectivity index (χ0) is 15.3. The molecule has 0 spiro atoms. The maximum atomic E-state index is 9.54. The van der Waals surface area contributed by atoms with Crippen molar-refractivity contribution in [2.45, 2.75) is 26.7 Å². The fraction of sp³-hybridized carbons (Fsp3) is 0.263. The minimum Gasteiger partial charge on any atom is -0.197 e. The molecule has 2 nitrogen and oxygen atoms in total. The van der Waals surface area contributed by atoms with E-state index in [-0.39, 0.29) is 0 Å². The van der Waals surface area contributed by atoms with Crippen molar-refractivity contribution in [2.24, 2.45) is 5.41 Å². The van der Waals surface area contributed by atoms with Crippen LogP contribution in [0.1, 0.15) is 22.3 Å². The van der Waals surface area contributed by atoms with Crippen molar-refractivity contribution >= 4 is 0 Å². The predicted molar refractivity (Wildman–Crippen MR) is 83.4 cm³/mol. The smallest absolute Gasteiger partial charge is 0.151 e. The first-order valence-electron chi connectivity index (χ1n) is 7.00. The van der Waals surface area contributed by atoms with Gasteiger partial charge in [-0.15, -0.1) is 0 Å². The molecule has 0 aliphatic heterocycles. The number of hydrogen-bond acceptors (Lipinski definition) is 2. The van der Waals surface area contributed by atoms with Crippen molar-refractivity contribution in [1.82, 2.24) is 0 Å². The van der Waals surface area contributed by atoms with Gasteiger partial charge in [0.05, 0.1) is 12.1 Å². The molecule has 0 atom stereocenters. The van der Waals surface area contributed by atoms with Gasteiger partial charge in [0.1, 0.15) is 0 Å². The topological polar surface area (TPSA) is 47.6 Å². The highest BCUT2D eigenvalue weighted by molar-refractivity contribution is 5.31. The lowest BCUT2D eigenvalue weighted by Crippen LogP contribution is -2.22. The molecule has 0 fully saturated rings. The van der Waals surface area contributed by atoms with Gasteiger partial charge < -0.3 is 0 Å². The van der Waals surface area contributed by atoms with Crippen molar-refractivity contribution in [2.75, 3.05) is 0 Å². The predicted octanol–water partition coefficient (Wildman–Crippen LogP) is 4.12. The Morgan fingerprint density at radius 2 is 1.05 bits per heavy atom. The average molecular weight is 274 g/mol. The van der Waals surface area contributed by atoms with E-state index in [1.54, 1.807) is 0 Å². The molecule has 0 saturated carbocycles.